The second kappa shape index (κ2) is 75.0. The van der Waals surface area contributed by atoms with Gasteiger partial charge in [0.2, 0.25) is 17.1 Å². The van der Waals surface area contributed by atoms with Gasteiger partial charge in [0.25, 0.3) is 0 Å². The average molecular weight is 1840 g/mol. The molecule has 26 nitrogen and oxygen atoms in total. The average Bonchev–Trinajstić information content (AvgIpc) is 1.65. The summed E-state index contributed by atoms with van der Waals surface area (Å²) in [5.41, 5.74) is 24.2. The van der Waals surface area contributed by atoms with Gasteiger partial charge in [-0.25, -0.2) is 34.6 Å². The number of Topliss-reactive ketones (excluding diaryl/α,β-unsaturated/α-hetero) is 2. The quantitative estimate of drug-likeness (QED) is 0.00317. The Hall–Kier alpha value is -9.34. The van der Waals surface area contributed by atoms with Crippen LogP contribution in [0.4, 0.5) is 22.2 Å². The van der Waals surface area contributed by atoms with Crippen molar-refractivity contribution in [3.63, 3.8) is 0 Å². The van der Waals surface area contributed by atoms with Crippen molar-refractivity contribution in [2.24, 2.45) is 10.8 Å². The Morgan fingerprint density at radius 2 is 0.826 bits per heavy atom. The van der Waals surface area contributed by atoms with Gasteiger partial charge in [0.15, 0.2) is 5.65 Å². The number of rotatable bonds is 57. The van der Waals surface area contributed by atoms with Crippen LogP contribution in [0.25, 0.3) is 21.5 Å². The predicted molar refractivity (Wildman–Crippen MR) is 525 cm³/mol. The van der Waals surface area contributed by atoms with E-state index in [0.717, 1.165) is 277 Å². The van der Waals surface area contributed by atoms with Crippen LogP contribution in [-0.2, 0) is 109 Å². The number of pyridine rings is 5. The van der Waals surface area contributed by atoms with Crippen LogP contribution in [-0.4, -0.2) is 142 Å². The minimum absolute atomic E-state index is 0. The standard InChI is InChI=1S/C27H35N3O3.C18H24N2O2.C18H28N2O.C17H26N6O.C12H22O3.C11H19ClO3.CH3.Li/c31-25(30-24(20-33-27(30)32)19-21-11-6-5-7-12-21)15-9-4-2-1-3-8-14-23-17-16-22-13-10-18-28-26(22)29-23;1-22-17(21)11-7-5-3-2-4-6-10-16-13-12-15-9-8-14-19-18(15)20-16;1-15(21)9-6-4-2-3-5-7-11-17-13-12-16-10-8-14-19-18(16)20-17;18-16(24)15(22-23-19)9-5-3-1-2-4-8-14-11-10-13-7-6-12-20-17(13)21-14;1-11(13)9-7-5-3-4-6-8-10-12(14)15-2;1-15-11(14)9-7-5-3-2-4-6-8-10(12)13;;/h5-7,11-12,16-17,24H,1-4,8-10,13-15,18-20H2,(H,28,29);8-9,12-14H,2-7,10-11H2,1H3;12-13H,2-11,14H2,1H3,(H,19,20);10-11,15H,1-9,12H2,(H2,18,24)(H,20,21);3-10H2,1-2H3;2-9H2,1H3;1H3;/q;;;;;;-1;+1/t24-;;;15-;;;;/m0..0..../s1. The van der Waals surface area contributed by atoms with Crippen molar-refractivity contribution in [3.8, 4) is 0 Å². The van der Waals surface area contributed by atoms with Crippen LogP contribution >= 0.6 is 11.6 Å². The van der Waals surface area contributed by atoms with Crippen molar-refractivity contribution in [1.29, 1.82) is 0 Å². The molecule has 28 heteroatoms. The maximum absolute atomic E-state index is 12.7. The number of fused-ring (bicyclic) bond motifs is 4. The fraction of sp³-hybridized carbons (Fsp3) is 0.625. The number of aryl methyl sites for hydroxylation is 7. The van der Waals surface area contributed by atoms with E-state index >= 15 is 0 Å². The normalized spacial score (nSPS) is 13.2. The Bertz CT molecular complexity index is 4250. The van der Waals surface area contributed by atoms with Crippen molar-refractivity contribution in [3.05, 3.63) is 160 Å². The number of ether oxygens (including phenoxy) is 4. The molecule has 1 saturated heterocycles. The molecular weight excluding hydrogens is 1680 g/mol. The number of nitrogens with zero attached hydrogens (tertiary/aromatic N) is 9. The number of carbonyl (C=O) groups excluding carboxylic acids is 9. The molecule has 3 amide bonds. The Morgan fingerprint density at radius 1 is 0.470 bits per heavy atom. The molecule has 0 bridgehead atoms. The molecule has 4 aliphatic rings. The number of azide groups is 1. The van der Waals surface area contributed by atoms with Crippen LogP contribution in [0.3, 0.4) is 0 Å². The largest absolute Gasteiger partial charge is 1.00 e. The minimum atomic E-state index is -0.706. The van der Waals surface area contributed by atoms with Gasteiger partial charge in [-0.15, -0.1) is 0 Å². The number of halogens is 1. The summed E-state index contributed by atoms with van der Waals surface area (Å²) in [6.45, 7) is 6.71. The SMILES string of the molecule is CC(=O)CCCCCCCCc1ccc2c(n1)NCCC2.COC(=O)CCCCCCCCC(=O)Cl.COC(=O)CCCCCCCCC(C)=O.COC(=O)CCCCCCCCc1ccc2cccnc2n1.O=C(CCCCCCCCc1ccc2c(n1)NCCC2)N1C(=O)OC[C@@H]1Cc1ccccc1.[CH3-].[Li+].[N-]=[N+]=N[C@@H](CCCCCCCc1ccc2c(n1)NCCC2)C(N)=O. The number of unbranched alkanes of at least 4 members (excludes halogenated alkanes) is 29. The summed E-state index contributed by atoms with van der Waals surface area (Å²) in [6, 6.07) is 30.4. The minimum Gasteiger partial charge on any atom is -0.469 e. The van der Waals surface area contributed by atoms with Crippen molar-refractivity contribution < 1.29 is 81.0 Å². The van der Waals surface area contributed by atoms with E-state index in [4.69, 9.17) is 42.6 Å². The molecule has 6 aromatic rings. The smallest absolute Gasteiger partial charge is 0.469 e. The Morgan fingerprint density at radius 3 is 1.20 bits per heavy atom. The van der Waals surface area contributed by atoms with Gasteiger partial charge in [0, 0.05) is 104 Å². The third kappa shape index (κ3) is 54.7. The molecule has 4 aliphatic heterocycles. The van der Waals surface area contributed by atoms with Crippen LogP contribution in [0.5, 0.6) is 0 Å². The number of carbonyl (C=O) groups is 9. The van der Waals surface area contributed by atoms with E-state index in [9.17, 15) is 43.2 Å². The van der Waals surface area contributed by atoms with Crippen LogP contribution in [0.2, 0.25) is 0 Å². The number of amides is 3. The number of aromatic nitrogens is 5. The van der Waals surface area contributed by atoms with E-state index in [-0.39, 0.29) is 73.8 Å². The molecule has 5 N–H and O–H groups in total. The number of hydrogen-bond acceptors (Lipinski definition) is 22. The molecule has 9 heterocycles. The van der Waals surface area contributed by atoms with Crippen LogP contribution in [0.1, 0.15) is 354 Å². The Kier molecular flexibility index (Phi) is 66.4. The van der Waals surface area contributed by atoms with E-state index < -0.39 is 18.0 Å². The molecule has 5 aromatic heterocycles. The summed E-state index contributed by atoms with van der Waals surface area (Å²) >= 11 is 5.20. The van der Waals surface area contributed by atoms with Gasteiger partial charge in [-0.1, -0.05) is 208 Å². The van der Waals surface area contributed by atoms with E-state index in [1.165, 1.54) is 138 Å². The summed E-state index contributed by atoms with van der Waals surface area (Å²) in [7, 11) is 4.27. The zero-order chi connectivity index (χ0) is 93.7. The molecule has 1 aromatic carbocycles. The summed E-state index contributed by atoms with van der Waals surface area (Å²) in [4.78, 5) is 127. The van der Waals surface area contributed by atoms with Crippen molar-refractivity contribution in [2.75, 3.05) is 63.5 Å². The first-order valence-electron chi connectivity index (χ1n) is 48.9. The van der Waals surface area contributed by atoms with Gasteiger partial charge in [-0.05, 0) is 243 Å². The first kappa shape index (κ1) is 117. The molecule has 0 unspecified atom stereocenters. The summed E-state index contributed by atoms with van der Waals surface area (Å²) < 4.78 is 18.9. The number of anilines is 3. The Balaban J connectivity index is 0.000000416. The number of primary amides is 1. The summed E-state index contributed by atoms with van der Waals surface area (Å²) in [5.74, 6) is 2.85. The molecule has 0 aliphatic carbocycles. The van der Waals surface area contributed by atoms with Gasteiger partial charge in [0.05, 0.1) is 27.4 Å². The second-order valence-electron chi connectivity index (χ2n) is 34.6. The second-order valence-corrected chi connectivity index (χ2v) is 35.0. The van der Waals surface area contributed by atoms with Crippen molar-refractivity contribution in [2.45, 2.75) is 373 Å². The topological polar surface area (TPSA) is 369 Å². The zero-order valence-electron chi connectivity index (χ0n) is 81.2. The number of nitrogens with one attached hydrogen (secondary N) is 3. The molecule has 132 heavy (non-hydrogen) atoms. The van der Waals surface area contributed by atoms with E-state index in [1.807, 2.05) is 42.5 Å². The predicted octanol–water partition coefficient (Wildman–Crippen LogP) is 20.5. The van der Waals surface area contributed by atoms with Crippen molar-refractivity contribution in [1.82, 2.24) is 29.8 Å². The van der Waals surface area contributed by atoms with Gasteiger partial charge < -0.3 is 57.6 Å². The molecule has 1 fully saturated rings. The summed E-state index contributed by atoms with van der Waals surface area (Å²) in [6.07, 6.45) is 55.8. The fourth-order valence-electron chi connectivity index (χ4n) is 15.9. The Labute approximate surface area is 805 Å². The molecule has 2 atom stereocenters. The number of hydrogen-bond donors (Lipinski definition) is 4. The number of methoxy groups -OCH3 is 3. The van der Waals surface area contributed by atoms with Gasteiger partial charge >= 0.3 is 42.9 Å². The number of imide groups is 1. The van der Waals surface area contributed by atoms with Gasteiger partial charge in [-0.2, -0.15) is 0 Å². The molecule has 0 radical (unpaired) electrons. The third-order valence-corrected chi connectivity index (χ3v) is 23.7. The van der Waals surface area contributed by atoms with E-state index in [0.29, 0.717) is 57.1 Å². The third-order valence-electron chi connectivity index (χ3n) is 23.5. The van der Waals surface area contributed by atoms with Crippen LogP contribution in [0, 0.1) is 7.43 Å². The number of ketones is 2. The maximum atomic E-state index is 12.7. The van der Waals surface area contributed by atoms with Gasteiger partial charge in [0.1, 0.15) is 41.7 Å². The molecular formula is C104H157ClLiN13O13. The first-order chi connectivity index (χ1) is 63.3. The molecule has 10 rings (SSSR count). The van der Waals surface area contributed by atoms with E-state index in [2.05, 4.69) is 98.7 Å². The zero-order valence-corrected chi connectivity index (χ0v) is 81.9. The number of benzene rings is 1. The number of nitrogens with two attached hydrogens (primary N) is 1. The van der Waals surface area contributed by atoms with E-state index in [1.54, 1.807) is 20.0 Å². The molecule has 724 valence electrons. The monoisotopic (exact) mass is 1840 g/mol. The van der Waals surface area contributed by atoms with Crippen LogP contribution in [0.15, 0.2) is 102 Å². The van der Waals surface area contributed by atoms with Crippen LogP contribution < -0.4 is 40.5 Å². The molecule has 0 spiro atoms. The van der Waals surface area contributed by atoms with Gasteiger partial charge in [-0.3, -0.25) is 28.8 Å². The van der Waals surface area contributed by atoms with Crippen molar-refractivity contribution >= 4 is 92.7 Å². The maximum Gasteiger partial charge on any atom is 1.00 e. The number of cyclic esters (lactones) is 1. The fourth-order valence-corrected chi connectivity index (χ4v) is 16.1. The summed E-state index contributed by atoms with van der Waals surface area (Å²) in [5, 5.41) is 14.4. The number of esters is 3. The molecule has 0 saturated carbocycles. The first-order valence-corrected chi connectivity index (χ1v) is 49.3.